The van der Waals surface area contributed by atoms with Gasteiger partial charge in [0.15, 0.2) is 17.7 Å². The monoisotopic (exact) mass is 717 g/mol. The standard InChI is InChI=1S/C33H37ClN3O11P/c1-46-27-14-22-24(37(33(41)42)32(40)23-10-7-12-35(23)31(22)39)15-28(27)47-13-6-2-3-11-29(38)36-18-19(17-34)30-21-9-5-4-8-20(21)26(16-25(30)36)48-49(43,44)45/h4-5,8-9,14-16,19,23,32,40H,2-3,6-7,10-13,17-18H2,1H3,(H,41,42)(H2,43,44,45)/t19-,23+,32?/m1/s1. The van der Waals surface area contributed by atoms with Gasteiger partial charge in [-0.25, -0.2) is 14.3 Å². The minimum absolute atomic E-state index is 0.0177. The number of phosphoric acid groups is 1. The maximum Gasteiger partial charge on any atom is 0.524 e. The van der Waals surface area contributed by atoms with Crippen LogP contribution in [0.1, 0.15) is 60.4 Å². The smallest absolute Gasteiger partial charge is 0.493 e. The van der Waals surface area contributed by atoms with E-state index in [-0.39, 0.29) is 65.1 Å². The number of fused-ring (bicyclic) bond motifs is 5. The lowest BCUT2D eigenvalue weighted by Gasteiger charge is -2.30. The Morgan fingerprint density at radius 2 is 1.76 bits per heavy atom. The Morgan fingerprint density at radius 1 is 1.02 bits per heavy atom. The van der Waals surface area contributed by atoms with Gasteiger partial charge in [0.1, 0.15) is 5.75 Å². The van der Waals surface area contributed by atoms with Gasteiger partial charge in [-0.15, -0.1) is 11.6 Å². The number of hydrogen-bond donors (Lipinski definition) is 4. The van der Waals surface area contributed by atoms with Crippen molar-refractivity contribution in [2.45, 2.75) is 56.7 Å². The van der Waals surface area contributed by atoms with E-state index in [9.17, 15) is 38.9 Å². The zero-order valence-corrected chi connectivity index (χ0v) is 28.3. The molecule has 6 rings (SSSR count). The molecule has 1 saturated heterocycles. The number of carbonyl (C=O) groups excluding carboxylic acids is 2. The number of amides is 3. The summed E-state index contributed by atoms with van der Waals surface area (Å²) in [4.78, 5) is 62.0. The average molecular weight is 718 g/mol. The van der Waals surface area contributed by atoms with Crippen LogP contribution in [0.3, 0.4) is 0 Å². The summed E-state index contributed by atoms with van der Waals surface area (Å²) in [6, 6.07) is 10.7. The number of unbranched alkanes of at least 4 members (excludes halogenated alkanes) is 2. The molecule has 3 atom stereocenters. The lowest BCUT2D eigenvalue weighted by molar-refractivity contribution is -0.118. The number of nitrogens with zero attached hydrogens (tertiary/aromatic N) is 3. The third kappa shape index (κ3) is 6.75. The third-order valence-corrected chi connectivity index (χ3v) is 10.1. The summed E-state index contributed by atoms with van der Waals surface area (Å²) >= 11 is 6.31. The van der Waals surface area contributed by atoms with Crippen LogP contribution in [0.5, 0.6) is 17.2 Å². The van der Waals surface area contributed by atoms with Gasteiger partial charge < -0.3 is 34.0 Å². The molecule has 3 aliphatic heterocycles. The van der Waals surface area contributed by atoms with E-state index in [1.807, 2.05) is 6.07 Å². The Kier molecular flexibility index (Phi) is 9.97. The number of ether oxygens (including phenoxy) is 2. The maximum absolute atomic E-state index is 13.5. The van der Waals surface area contributed by atoms with Crippen LogP contribution in [-0.2, 0) is 9.36 Å². The lowest BCUT2D eigenvalue weighted by atomic mass is 9.95. The molecule has 3 amide bonds. The van der Waals surface area contributed by atoms with Crippen LogP contribution in [0.25, 0.3) is 10.8 Å². The fourth-order valence-corrected chi connectivity index (χ4v) is 7.74. The maximum atomic E-state index is 13.5. The number of methoxy groups -OCH3 is 1. The molecule has 14 nitrogen and oxygen atoms in total. The Labute approximate surface area is 286 Å². The first kappa shape index (κ1) is 34.8. The molecule has 3 aromatic carbocycles. The van der Waals surface area contributed by atoms with Gasteiger partial charge in [0.05, 0.1) is 36.7 Å². The van der Waals surface area contributed by atoms with Crippen LogP contribution >= 0.6 is 19.4 Å². The van der Waals surface area contributed by atoms with Crippen LogP contribution < -0.4 is 23.8 Å². The van der Waals surface area contributed by atoms with Crippen molar-refractivity contribution in [1.82, 2.24) is 4.90 Å². The van der Waals surface area contributed by atoms with E-state index in [2.05, 4.69) is 0 Å². The van der Waals surface area contributed by atoms with E-state index in [0.717, 1.165) is 10.5 Å². The molecule has 4 N–H and O–H groups in total. The molecule has 0 radical (unpaired) electrons. The molecule has 16 heteroatoms. The molecule has 3 aliphatic rings. The average Bonchev–Trinajstić information content (AvgIpc) is 3.69. The minimum Gasteiger partial charge on any atom is -0.493 e. The number of carboxylic acid groups (broad SMARTS) is 1. The second-order valence-electron chi connectivity index (χ2n) is 12.2. The summed E-state index contributed by atoms with van der Waals surface area (Å²) in [5, 5.41) is 22.2. The van der Waals surface area contributed by atoms with Crippen molar-refractivity contribution < 1.29 is 52.9 Å². The van der Waals surface area contributed by atoms with Crippen LogP contribution in [0.15, 0.2) is 42.5 Å². The van der Waals surface area contributed by atoms with Crippen molar-refractivity contribution >= 4 is 59.5 Å². The fourth-order valence-electron chi connectivity index (χ4n) is 7.08. The highest BCUT2D eigenvalue weighted by molar-refractivity contribution is 7.46. The number of aliphatic hydroxyl groups is 1. The summed E-state index contributed by atoms with van der Waals surface area (Å²) in [5.41, 5.74) is 1.46. The summed E-state index contributed by atoms with van der Waals surface area (Å²) in [6.45, 7) is 0.944. The number of anilines is 2. The Balaban J connectivity index is 1.11. The van der Waals surface area contributed by atoms with Crippen molar-refractivity contribution in [2.75, 3.05) is 42.5 Å². The van der Waals surface area contributed by atoms with E-state index in [4.69, 9.17) is 25.6 Å². The van der Waals surface area contributed by atoms with E-state index >= 15 is 0 Å². The topological polar surface area (TPSA) is 187 Å². The van der Waals surface area contributed by atoms with E-state index in [1.165, 1.54) is 30.2 Å². The molecule has 262 valence electrons. The normalized spacial score (nSPS) is 20.1. The van der Waals surface area contributed by atoms with Crippen molar-refractivity contribution in [1.29, 1.82) is 0 Å². The number of hydrogen-bond acceptors (Lipinski definition) is 8. The summed E-state index contributed by atoms with van der Waals surface area (Å²) in [5.74, 6) is -0.0402. The third-order valence-electron chi connectivity index (χ3n) is 9.27. The summed E-state index contributed by atoms with van der Waals surface area (Å²) in [7, 11) is -3.45. The van der Waals surface area contributed by atoms with Gasteiger partial charge in [0.25, 0.3) is 5.91 Å². The van der Waals surface area contributed by atoms with Crippen molar-refractivity contribution in [2.24, 2.45) is 0 Å². The molecule has 0 spiro atoms. The van der Waals surface area contributed by atoms with Gasteiger partial charge in [-0.2, -0.15) is 0 Å². The molecule has 0 bridgehead atoms. The second-order valence-corrected chi connectivity index (χ2v) is 13.7. The highest BCUT2D eigenvalue weighted by Crippen LogP contribution is 2.49. The largest absolute Gasteiger partial charge is 0.524 e. The van der Waals surface area contributed by atoms with Crippen molar-refractivity contribution in [3.8, 4) is 17.2 Å². The van der Waals surface area contributed by atoms with Crippen LogP contribution in [-0.4, -0.2) is 87.8 Å². The fraction of sp³-hybridized carbons (Fsp3) is 0.424. The summed E-state index contributed by atoms with van der Waals surface area (Å²) in [6.07, 6.45) is 0.175. The van der Waals surface area contributed by atoms with E-state index in [0.29, 0.717) is 61.7 Å². The molecular weight excluding hydrogens is 681 g/mol. The molecule has 49 heavy (non-hydrogen) atoms. The second kappa shape index (κ2) is 14.0. The molecule has 3 heterocycles. The predicted molar refractivity (Wildman–Crippen MR) is 180 cm³/mol. The minimum atomic E-state index is -4.87. The van der Waals surface area contributed by atoms with Crippen molar-refractivity contribution in [3.05, 3.63) is 53.6 Å². The number of phosphoric ester groups is 1. The molecular formula is C33H37ClN3O11P. The highest BCUT2D eigenvalue weighted by atomic mass is 35.5. The van der Waals surface area contributed by atoms with Gasteiger partial charge in [0, 0.05) is 48.8 Å². The SMILES string of the molecule is COc1cc2c(cc1OCCCCCC(=O)N1C[C@@H](CCl)c3c1cc(OP(=O)(O)O)c1ccccc31)N(C(=O)O)C(O)[C@@H]1CCCN1C2=O. The predicted octanol–water partition coefficient (Wildman–Crippen LogP) is 5.05. The van der Waals surface area contributed by atoms with Crippen LogP contribution in [0.4, 0.5) is 16.2 Å². The van der Waals surface area contributed by atoms with Gasteiger partial charge >= 0.3 is 13.9 Å². The summed E-state index contributed by atoms with van der Waals surface area (Å²) < 4.78 is 28.2. The first-order chi connectivity index (χ1) is 23.4. The van der Waals surface area contributed by atoms with Crippen LogP contribution in [0, 0.1) is 0 Å². The van der Waals surface area contributed by atoms with Gasteiger partial charge in [-0.05, 0) is 49.1 Å². The zero-order valence-electron chi connectivity index (χ0n) is 26.7. The number of rotatable bonds is 11. The first-order valence-corrected chi connectivity index (χ1v) is 18.0. The number of aliphatic hydroxyl groups excluding tert-OH is 1. The van der Waals surface area contributed by atoms with E-state index in [1.54, 1.807) is 23.1 Å². The lowest BCUT2D eigenvalue weighted by Crippen LogP contribution is -2.50. The van der Waals surface area contributed by atoms with Gasteiger partial charge in [0.2, 0.25) is 5.91 Å². The molecule has 0 aromatic heterocycles. The van der Waals surface area contributed by atoms with Crippen molar-refractivity contribution in [3.63, 3.8) is 0 Å². The quantitative estimate of drug-likeness (QED) is 0.118. The molecule has 3 aromatic rings. The number of benzene rings is 3. The van der Waals surface area contributed by atoms with Gasteiger partial charge in [-0.3, -0.25) is 19.4 Å². The molecule has 0 aliphatic carbocycles. The number of halogens is 1. The Bertz CT molecular complexity index is 1840. The number of alkyl halides is 1. The number of carbonyl (C=O) groups is 3. The first-order valence-electron chi connectivity index (χ1n) is 16.0. The Morgan fingerprint density at radius 3 is 2.45 bits per heavy atom. The molecule has 0 saturated carbocycles. The zero-order chi connectivity index (χ0) is 35.0. The molecule has 1 fully saturated rings. The molecule has 1 unspecified atom stereocenters. The van der Waals surface area contributed by atoms with E-state index < -0.39 is 26.2 Å². The van der Waals surface area contributed by atoms with Gasteiger partial charge in [-0.1, -0.05) is 24.3 Å². The Hall–Kier alpha value is -4.07. The highest BCUT2D eigenvalue weighted by Gasteiger charge is 2.45. The van der Waals surface area contributed by atoms with Crippen LogP contribution in [0.2, 0.25) is 0 Å².